The fourth-order valence-corrected chi connectivity index (χ4v) is 2.16. The van der Waals surface area contributed by atoms with Gasteiger partial charge in [-0.2, -0.15) is 0 Å². The van der Waals surface area contributed by atoms with Crippen LogP contribution in [-0.2, 0) is 4.74 Å². The van der Waals surface area contributed by atoms with Crippen molar-refractivity contribution in [2.24, 2.45) is 0 Å². The lowest BCUT2D eigenvalue weighted by molar-refractivity contribution is 0.0362. The maximum atomic E-state index is 12.7. The first-order chi connectivity index (χ1) is 10.5. The van der Waals surface area contributed by atoms with Crippen molar-refractivity contribution in [3.8, 4) is 0 Å². The Hall–Kier alpha value is -1.95. The van der Waals surface area contributed by atoms with Gasteiger partial charge >= 0.3 is 0 Å². The normalized spacial score (nSPS) is 19.7. The van der Waals surface area contributed by atoms with Gasteiger partial charge in [-0.05, 0) is 41.4 Å². The zero-order valence-corrected chi connectivity index (χ0v) is 10.2. The van der Waals surface area contributed by atoms with E-state index in [2.05, 4.69) is 14.9 Å². The Morgan fingerprint density at radius 2 is 2.16 bits per heavy atom. The monoisotopic (exact) mass is 264 g/mol. The van der Waals surface area contributed by atoms with Gasteiger partial charge in [-0.15, -0.1) is 0 Å². The predicted octanol–water partition coefficient (Wildman–Crippen LogP) is 1.47. The molecule has 0 unspecified atom stereocenters. The SMILES string of the molecule is [2H]C([2H])([2H])N(C(=O)c1ccc2nonc2c1)C1CCOCC1. The highest BCUT2D eigenvalue weighted by molar-refractivity contribution is 5.97. The van der Waals surface area contributed by atoms with Crippen molar-refractivity contribution in [1.82, 2.24) is 15.2 Å². The fraction of sp³-hybridized carbons (Fsp3) is 0.462. The second-order valence-electron chi connectivity index (χ2n) is 4.49. The molecule has 1 saturated heterocycles. The highest BCUT2D eigenvalue weighted by Gasteiger charge is 2.23. The fourth-order valence-electron chi connectivity index (χ4n) is 2.16. The molecular weight excluding hydrogens is 246 g/mol. The molecule has 6 heteroatoms. The van der Waals surface area contributed by atoms with E-state index in [0.717, 1.165) is 4.90 Å². The molecule has 100 valence electrons. The third-order valence-corrected chi connectivity index (χ3v) is 3.28. The minimum atomic E-state index is -2.50. The van der Waals surface area contributed by atoms with Gasteiger partial charge in [0.15, 0.2) is 0 Å². The second kappa shape index (κ2) is 4.97. The second-order valence-corrected chi connectivity index (χ2v) is 4.49. The molecule has 2 aromatic rings. The van der Waals surface area contributed by atoms with Crippen LogP contribution in [0.15, 0.2) is 22.8 Å². The molecule has 6 nitrogen and oxygen atoms in total. The van der Waals surface area contributed by atoms with Gasteiger partial charge in [0.1, 0.15) is 11.0 Å². The van der Waals surface area contributed by atoms with Gasteiger partial charge in [0.2, 0.25) is 0 Å². The Morgan fingerprint density at radius 3 is 2.95 bits per heavy atom. The number of fused-ring (bicyclic) bond motifs is 1. The van der Waals surface area contributed by atoms with Crippen LogP contribution in [0.1, 0.15) is 27.3 Å². The summed E-state index contributed by atoms with van der Waals surface area (Å²) in [4.78, 5) is 13.7. The molecule has 0 aliphatic carbocycles. The Balaban J connectivity index is 1.93. The van der Waals surface area contributed by atoms with E-state index >= 15 is 0 Å². The van der Waals surface area contributed by atoms with Crippen LogP contribution in [-0.4, -0.2) is 47.4 Å². The number of carbonyl (C=O) groups excluding carboxylic acids is 1. The minimum Gasteiger partial charge on any atom is -0.381 e. The predicted molar refractivity (Wildman–Crippen MR) is 67.7 cm³/mol. The molecule has 1 aliphatic rings. The molecule has 0 N–H and O–H groups in total. The molecule has 0 spiro atoms. The van der Waals surface area contributed by atoms with Gasteiger partial charge in [-0.1, -0.05) is 0 Å². The molecule has 0 bridgehead atoms. The van der Waals surface area contributed by atoms with Crippen molar-refractivity contribution in [2.75, 3.05) is 20.2 Å². The lowest BCUT2D eigenvalue weighted by atomic mass is 10.1. The zero-order chi connectivity index (χ0) is 15.7. The molecule has 19 heavy (non-hydrogen) atoms. The highest BCUT2D eigenvalue weighted by atomic mass is 16.6. The average molecular weight is 264 g/mol. The van der Waals surface area contributed by atoms with Crippen LogP contribution in [0, 0.1) is 0 Å². The summed E-state index contributed by atoms with van der Waals surface area (Å²) >= 11 is 0. The quantitative estimate of drug-likeness (QED) is 0.821. The standard InChI is InChI=1S/C13H15N3O3/c1-16(10-4-6-18-7-5-10)13(17)9-2-3-11-12(8-9)15-19-14-11/h2-3,8,10H,4-7H2,1H3/i1D3. The van der Waals surface area contributed by atoms with Crippen LogP contribution in [0.5, 0.6) is 0 Å². The topological polar surface area (TPSA) is 68.5 Å². The smallest absolute Gasteiger partial charge is 0.253 e. The van der Waals surface area contributed by atoms with Crippen LogP contribution in [0.4, 0.5) is 0 Å². The maximum absolute atomic E-state index is 12.7. The summed E-state index contributed by atoms with van der Waals surface area (Å²) in [5, 5.41) is 7.34. The minimum absolute atomic E-state index is 0.255. The third-order valence-electron chi connectivity index (χ3n) is 3.28. The summed E-state index contributed by atoms with van der Waals surface area (Å²) in [5.74, 6) is -0.545. The number of hydrogen-bond donors (Lipinski definition) is 0. The van der Waals surface area contributed by atoms with Gasteiger partial charge in [-0.25, -0.2) is 4.63 Å². The molecule has 1 aliphatic heterocycles. The number of amides is 1. The van der Waals surface area contributed by atoms with Crippen LogP contribution < -0.4 is 0 Å². The van der Waals surface area contributed by atoms with Crippen LogP contribution in [0.3, 0.4) is 0 Å². The number of carbonyl (C=O) groups is 1. The molecule has 1 aromatic heterocycles. The highest BCUT2D eigenvalue weighted by Crippen LogP contribution is 2.18. The van der Waals surface area contributed by atoms with Gasteiger partial charge < -0.3 is 9.64 Å². The molecule has 1 fully saturated rings. The molecule has 2 heterocycles. The van der Waals surface area contributed by atoms with Gasteiger partial charge in [-0.3, -0.25) is 4.79 Å². The van der Waals surface area contributed by atoms with E-state index < -0.39 is 12.9 Å². The molecule has 1 aromatic carbocycles. The summed E-state index contributed by atoms with van der Waals surface area (Å²) in [6.45, 7) is -1.59. The van der Waals surface area contributed by atoms with Crippen molar-refractivity contribution in [2.45, 2.75) is 18.9 Å². The van der Waals surface area contributed by atoms with Crippen LogP contribution in [0.2, 0.25) is 0 Å². The summed E-state index contributed by atoms with van der Waals surface area (Å²) in [6.07, 6.45) is 1.02. The molecule has 0 saturated carbocycles. The third kappa shape index (κ3) is 2.31. The summed E-state index contributed by atoms with van der Waals surface area (Å²) in [6, 6.07) is 4.25. The van der Waals surface area contributed by atoms with E-state index in [0.29, 0.717) is 37.1 Å². The van der Waals surface area contributed by atoms with E-state index in [4.69, 9.17) is 8.85 Å². The Bertz CT molecular complexity index is 680. The summed E-state index contributed by atoms with van der Waals surface area (Å²) in [7, 11) is 0. The summed E-state index contributed by atoms with van der Waals surface area (Å²) < 4.78 is 32.9. The molecule has 0 radical (unpaired) electrons. The van der Waals surface area contributed by atoms with Crippen LogP contribution >= 0.6 is 0 Å². The van der Waals surface area contributed by atoms with Crippen molar-refractivity contribution in [3.63, 3.8) is 0 Å². The molecule has 0 atom stereocenters. The largest absolute Gasteiger partial charge is 0.381 e. The van der Waals surface area contributed by atoms with Gasteiger partial charge in [0.05, 0.1) is 0 Å². The number of rotatable bonds is 2. The molecule has 1 amide bonds. The lowest BCUT2D eigenvalue weighted by Crippen LogP contribution is -2.40. The molecule has 3 rings (SSSR count). The van der Waals surface area contributed by atoms with E-state index in [1.165, 1.54) is 12.1 Å². The number of aromatic nitrogens is 2. The molecular formula is C13H15N3O3. The van der Waals surface area contributed by atoms with Crippen molar-refractivity contribution >= 4 is 16.9 Å². The number of hydrogen-bond acceptors (Lipinski definition) is 5. The number of nitrogens with zero attached hydrogens (tertiary/aromatic N) is 3. The van der Waals surface area contributed by atoms with E-state index in [1.807, 2.05) is 0 Å². The zero-order valence-electron chi connectivity index (χ0n) is 13.2. The Labute approximate surface area is 114 Å². The average Bonchev–Trinajstić information content (AvgIpc) is 2.94. The first-order valence-corrected chi connectivity index (χ1v) is 6.10. The maximum Gasteiger partial charge on any atom is 0.253 e. The first-order valence-electron chi connectivity index (χ1n) is 7.60. The van der Waals surface area contributed by atoms with Gasteiger partial charge in [0, 0.05) is 35.9 Å². The van der Waals surface area contributed by atoms with E-state index in [-0.39, 0.29) is 11.6 Å². The lowest BCUT2D eigenvalue weighted by Gasteiger charge is -2.31. The number of benzene rings is 1. The number of ether oxygens (including phenoxy) is 1. The van der Waals surface area contributed by atoms with Crippen molar-refractivity contribution in [3.05, 3.63) is 23.8 Å². The van der Waals surface area contributed by atoms with E-state index in [1.54, 1.807) is 6.07 Å². The first kappa shape index (κ1) is 9.03. The van der Waals surface area contributed by atoms with Gasteiger partial charge in [0.25, 0.3) is 5.91 Å². The van der Waals surface area contributed by atoms with Crippen molar-refractivity contribution < 1.29 is 18.3 Å². The summed E-state index contributed by atoms with van der Waals surface area (Å²) in [5.41, 5.74) is 1.19. The van der Waals surface area contributed by atoms with E-state index in [9.17, 15) is 4.79 Å². The van der Waals surface area contributed by atoms with Crippen molar-refractivity contribution in [1.29, 1.82) is 0 Å². The Kier molecular flexibility index (Phi) is 2.36. The van der Waals surface area contributed by atoms with Crippen LogP contribution in [0.25, 0.3) is 11.0 Å². The Morgan fingerprint density at radius 1 is 1.37 bits per heavy atom.